The van der Waals surface area contributed by atoms with Gasteiger partial charge in [0.15, 0.2) is 0 Å². The molecule has 0 saturated heterocycles. The molecule has 1 aromatic rings. The minimum Gasteiger partial charge on any atom is -0.497 e. The number of ether oxygens (including phenoxy) is 2. The zero-order valence-electron chi connectivity index (χ0n) is 12.5. The average molecular weight is 345 g/mol. The molecule has 122 valence electrons. The predicted octanol–water partition coefficient (Wildman–Crippen LogP) is 2.29. The molecule has 0 spiro atoms. The lowest BCUT2D eigenvalue weighted by Crippen LogP contribution is -2.26. The Labute approximate surface area is 137 Å². The van der Waals surface area contributed by atoms with E-state index in [4.69, 9.17) is 14.6 Å². The second kappa shape index (κ2) is 10.2. The number of rotatable bonds is 10. The van der Waals surface area contributed by atoms with Crippen LogP contribution in [0.25, 0.3) is 0 Å². The highest BCUT2D eigenvalue weighted by Gasteiger charge is 2.12. The van der Waals surface area contributed by atoms with Gasteiger partial charge in [-0.2, -0.15) is 0 Å². The van der Waals surface area contributed by atoms with Crippen LogP contribution in [0.15, 0.2) is 18.2 Å². The van der Waals surface area contributed by atoms with Gasteiger partial charge in [-0.05, 0) is 12.1 Å². The first kappa shape index (κ1) is 18.5. The molecule has 1 aromatic carbocycles. The Bertz CT molecular complexity index is 510. The molecule has 0 atom stereocenters. The van der Waals surface area contributed by atoms with E-state index < -0.39 is 5.97 Å². The van der Waals surface area contributed by atoms with Crippen LogP contribution >= 0.6 is 21.6 Å². The summed E-state index contributed by atoms with van der Waals surface area (Å²) >= 11 is 0. The lowest BCUT2D eigenvalue weighted by molar-refractivity contribution is -0.136. The van der Waals surface area contributed by atoms with Gasteiger partial charge in [-0.1, -0.05) is 21.6 Å². The summed E-state index contributed by atoms with van der Waals surface area (Å²) in [5, 5.41) is 11.3. The van der Waals surface area contributed by atoms with Crippen molar-refractivity contribution in [1.82, 2.24) is 5.32 Å². The van der Waals surface area contributed by atoms with Crippen LogP contribution in [0.1, 0.15) is 16.8 Å². The van der Waals surface area contributed by atoms with Crippen LogP contribution in [0.4, 0.5) is 0 Å². The molecule has 0 unspecified atom stereocenters. The summed E-state index contributed by atoms with van der Waals surface area (Å²) in [6.45, 7) is 0.499. The number of benzene rings is 1. The summed E-state index contributed by atoms with van der Waals surface area (Å²) in [5.41, 5.74) is 0.451. The number of methoxy groups -OCH3 is 2. The van der Waals surface area contributed by atoms with Crippen molar-refractivity contribution in [3.05, 3.63) is 23.8 Å². The first-order valence-corrected chi connectivity index (χ1v) is 9.03. The van der Waals surface area contributed by atoms with E-state index in [1.807, 2.05) is 0 Å². The van der Waals surface area contributed by atoms with Gasteiger partial charge in [0, 0.05) is 24.1 Å². The molecule has 0 aliphatic carbocycles. The van der Waals surface area contributed by atoms with Crippen molar-refractivity contribution in [2.45, 2.75) is 6.42 Å². The summed E-state index contributed by atoms with van der Waals surface area (Å²) in [7, 11) is 6.07. The molecule has 2 N–H and O–H groups in total. The first-order valence-electron chi connectivity index (χ1n) is 6.55. The molecular weight excluding hydrogens is 326 g/mol. The smallest absolute Gasteiger partial charge is 0.304 e. The number of aliphatic carboxylic acids is 1. The molecule has 0 aliphatic rings. The molecule has 0 aliphatic heterocycles. The number of nitrogens with one attached hydrogen (secondary N) is 1. The van der Waals surface area contributed by atoms with Crippen molar-refractivity contribution >= 4 is 33.5 Å². The van der Waals surface area contributed by atoms with Gasteiger partial charge in [0.25, 0.3) is 5.91 Å². The predicted molar refractivity (Wildman–Crippen MR) is 89.0 cm³/mol. The Morgan fingerprint density at radius 3 is 2.55 bits per heavy atom. The van der Waals surface area contributed by atoms with Crippen LogP contribution < -0.4 is 14.8 Å². The van der Waals surface area contributed by atoms with Crippen LogP contribution in [0.5, 0.6) is 11.5 Å². The van der Waals surface area contributed by atoms with E-state index in [9.17, 15) is 9.59 Å². The van der Waals surface area contributed by atoms with E-state index in [-0.39, 0.29) is 12.3 Å². The van der Waals surface area contributed by atoms with Crippen molar-refractivity contribution < 1.29 is 24.2 Å². The van der Waals surface area contributed by atoms with Crippen molar-refractivity contribution in [3.63, 3.8) is 0 Å². The highest BCUT2D eigenvalue weighted by Crippen LogP contribution is 2.24. The summed E-state index contributed by atoms with van der Waals surface area (Å²) in [4.78, 5) is 22.4. The molecule has 0 fully saturated rings. The number of carbonyl (C=O) groups is 2. The summed E-state index contributed by atoms with van der Waals surface area (Å²) in [5.74, 6) is 1.33. The van der Waals surface area contributed by atoms with Crippen molar-refractivity contribution in [1.29, 1.82) is 0 Å². The van der Waals surface area contributed by atoms with Crippen LogP contribution in [0, 0.1) is 0 Å². The number of carboxylic acid groups (broad SMARTS) is 1. The molecule has 0 radical (unpaired) electrons. The quantitative estimate of drug-likeness (QED) is 0.497. The SMILES string of the molecule is COc1ccc(C(=O)NCCSSCCC(=O)O)c(OC)c1. The van der Waals surface area contributed by atoms with Gasteiger partial charge in [-0.25, -0.2) is 0 Å². The molecule has 22 heavy (non-hydrogen) atoms. The lowest BCUT2D eigenvalue weighted by Gasteiger charge is -2.10. The maximum absolute atomic E-state index is 12.1. The Morgan fingerprint density at radius 2 is 1.91 bits per heavy atom. The molecule has 0 saturated carbocycles. The van der Waals surface area contributed by atoms with E-state index in [0.717, 1.165) is 0 Å². The molecule has 6 nitrogen and oxygen atoms in total. The standard InChI is InChI=1S/C14H19NO5S2/c1-19-10-3-4-11(12(9-10)20-2)14(18)15-6-8-22-21-7-5-13(16)17/h3-4,9H,5-8H2,1-2H3,(H,15,18)(H,16,17). The zero-order chi connectivity index (χ0) is 16.4. The Kier molecular flexibility index (Phi) is 8.61. The zero-order valence-corrected chi connectivity index (χ0v) is 14.1. The Hall–Kier alpha value is -1.54. The molecular formula is C14H19NO5S2. The number of hydrogen-bond donors (Lipinski definition) is 2. The fourth-order valence-corrected chi connectivity index (χ4v) is 3.42. The second-order valence-electron chi connectivity index (χ2n) is 4.11. The summed E-state index contributed by atoms with van der Waals surface area (Å²) < 4.78 is 10.3. The van der Waals surface area contributed by atoms with E-state index >= 15 is 0 Å². The van der Waals surface area contributed by atoms with Gasteiger partial charge in [-0.3, -0.25) is 9.59 Å². The number of hydrogen-bond acceptors (Lipinski definition) is 6. The van der Waals surface area contributed by atoms with Crippen LogP contribution in [0.2, 0.25) is 0 Å². The monoisotopic (exact) mass is 345 g/mol. The van der Waals surface area contributed by atoms with Gasteiger partial charge >= 0.3 is 5.97 Å². The number of amides is 1. The maximum atomic E-state index is 12.1. The third-order valence-corrected chi connectivity index (χ3v) is 5.02. The largest absolute Gasteiger partial charge is 0.497 e. The van der Waals surface area contributed by atoms with Crippen LogP contribution in [-0.4, -0.2) is 49.3 Å². The van der Waals surface area contributed by atoms with E-state index in [2.05, 4.69) is 5.32 Å². The topological polar surface area (TPSA) is 84.9 Å². The van der Waals surface area contributed by atoms with Gasteiger partial charge in [0.2, 0.25) is 0 Å². The third kappa shape index (κ3) is 6.48. The highest BCUT2D eigenvalue weighted by molar-refractivity contribution is 8.76. The first-order chi connectivity index (χ1) is 10.6. The minimum absolute atomic E-state index is 0.146. The Balaban J connectivity index is 2.35. The average Bonchev–Trinajstić information content (AvgIpc) is 2.52. The van der Waals surface area contributed by atoms with Crippen molar-refractivity contribution in [2.75, 3.05) is 32.3 Å². The fourth-order valence-electron chi connectivity index (χ4n) is 1.53. The van der Waals surface area contributed by atoms with E-state index in [0.29, 0.717) is 35.1 Å². The van der Waals surface area contributed by atoms with E-state index in [1.165, 1.54) is 28.7 Å². The normalized spacial score (nSPS) is 10.1. The number of carbonyl (C=O) groups excluding carboxylic acids is 1. The molecule has 0 aromatic heterocycles. The van der Waals surface area contributed by atoms with Gasteiger partial charge in [0.05, 0.1) is 26.2 Å². The van der Waals surface area contributed by atoms with Gasteiger partial charge in [0.1, 0.15) is 11.5 Å². The van der Waals surface area contributed by atoms with Gasteiger partial charge in [-0.15, -0.1) is 0 Å². The molecule has 0 bridgehead atoms. The summed E-state index contributed by atoms with van der Waals surface area (Å²) in [6.07, 6.45) is 0.146. The van der Waals surface area contributed by atoms with E-state index in [1.54, 1.807) is 25.3 Å². The molecule has 8 heteroatoms. The second-order valence-corrected chi connectivity index (χ2v) is 6.81. The lowest BCUT2D eigenvalue weighted by atomic mass is 10.2. The van der Waals surface area contributed by atoms with Crippen molar-refractivity contribution in [3.8, 4) is 11.5 Å². The minimum atomic E-state index is -0.798. The van der Waals surface area contributed by atoms with Crippen LogP contribution in [0.3, 0.4) is 0 Å². The molecule has 0 heterocycles. The fraction of sp³-hybridized carbons (Fsp3) is 0.429. The van der Waals surface area contributed by atoms with Gasteiger partial charge < -0.3 is 19.9 Å². The third-order valence-electron chi connectivity index (χ3n) is 2.61. The van der Waals surface area contributed by atoms with Crippen molar-refractivity contribution in [2.24, 2.45) is 0 Å². The Morgan fingerprint density at radius 1 is 1.18 bits per heavy atom. The summed E-state index contributed by atoms with van der Waals surface area (Å²) in [6, 6.07) is 5.01. The molecule has 1 rings (SSSR count). The number of carboxylic acids is 1. The molecule has 1 amide bonds. The van der Waals surface area contributed by atoms with Crippen LogP contribution in [-0.2, 0) is 4.79 Å². The highest BCUT2D eigenvalue weighted by atomic mass is 33.1. The maximum Gasteiger partial charge on any atom is 0.304 e.